The van der Waals surface area contributed by atoms with E-state index in [1.165, 1.54) is 24.0 Å². The van der Waals surface area contributed by atoms with E-state index in [-0.39, 0.29) is 11.8 Å². The first-order valence-electron chi connectivity index (χ1n) is 11.2. The van der Waals surface area contributed by atoms with Gasteiger partial charge in [0.2, 0.25) is 11.8 Å². The van der Waals surface area contributed by atoms with Crippen LogP contribution in [0, 0.1) is 13.8 Å². The Morgan fingerprint density at radius 3 is 1.37 bits per heavy atom. The van der Waals surface area contributed by atoms with Crippen LogP contribution in [-0.4, -0.2) is 24.9 Å². The number of nitrogens with one attached hydrogen (secondary N) is 2. The van der Waals surface area contributed by atoms with Gasteiger partial charge in [-0.2, -0.15) is 0 Å². The molecule has 162 valence electrons. The second kappa shape index (κ2) is 13.6. The zero-order valence-corrected chi connectivity index (χ0v) is 18.5. The summed E-state index contributed by atoms with van der Waals surface area (Å²) in [7, 11) is 0. The predicted molar refractivity (Wildman–Crippen MR) is 123 cm³/mol. The first-order valence-corrected chi connectivity index (χ1v) is 11.2. The number of carbonyl (C=O) groups is 2. The summed E-state index contributed by atoms with van der Waals surface area (Å²) >= 11 is 0. The first kappa shape index (κ1) is 23.7. The number of hydrogen-bond acceptors (Lipinski definition) is 2. The van der Waals surface area contributed by atoms with E-state index in [0.717, 1.165) is 49.9 Å². The van der Waals surface area contributed by atoms with Gasteiger partial charge in [-0.15, -0.1) is 0 Å². The summed E-state index contributed by atoms with van der Waals surface area (Å²) in [4.78, 5) is 24.0. The van der Waals surface area contributed by atoms with Crippen molar-refractivity contribution in [1.29, 1.82) is 0 Å². The Kier molecular flexibility index (Phi) is 10.7. The van der Waals surface area contributed by atoms with E-state index < -0.39 is 0 Å². The molecule has 0 aliphatic heterocycles. The topological polar surface area (TPSA) is 58.2 Å². The quantitative estimate of drug-likeness (QED) is 0.474. The number of aryl methyl sites for hydroxylation is 2. The van der Waals surface area contributed by atoms with Gasteiger partial charge in [0.05, 0.1) is 12.8 Å². The summed E-state index contributed by atoms with van der Waals surface area (Å²) in [5, 5.41) is 6.04. The fourth-order valence-corrected chi connectivity index (χ4v) is 3.50. The molecule has 2 rings (SSSR count). The molecule has 0 unspecified atom stereocenters. The summed E-state index contributed by atoms with van der Waals surface area (Å²) in [6.45, 7) is 5.58. The SMILES string of the molecule is Cc1ccccc1CC(=O)NCCCCCCCCNC(=O)Cc1ccccc1C. The lowest BCUT2D eigenvalue weighted by atomic mass is 10.1. The minimum Gasteiger partial charge on any atom is -0.356 e. The molecule has 0 heterocycles. The van der Waals surface area contributed by atoms with Crippen LogP contribution in [0.15, 0.2) is 48.5 Å². The molecule has 2 amide bonds. The Balaban J connectivity index is 1.42. The number of benzene rings is 2. The van der Waals surface area contributed by atoms with Crippen LogP contribution in [0.1, 0.15) is 60.8 Å². The molecule has 2 aromatic carbocycles. The molecule has 2 N–H and O–H groups in total. The lowest BCUT2D eigenvalue weighted by Gasteiger charge is -2.08. The van der Waals surface area contributed by atoms with Crippen LogP contribution < -0.4 is 10.6 Å². The van der Waals surface area contributed by atoms with Crippen molar-refractivity contribution in [2.24, 2.45) is 0 Å². The predicted octanol–water partition coefficient (Wildman–Crippen LogP) is 4.66. The minimum atomic E-state index is 0.103. The van der Waals surface area contributed by atoms with Crippen LogP contribution in [0.2, 0.25) is 0 Å². The van der Waals surface area contributed by atoms with Gasteiger partial charge in [-0.05, 0) is 48.9 Å². The summed E-state index contributed by atoms with van der Waals surface area (Å²) < 4.78 is 0. The average Bonchev–Trinajstić information content (AvgIpc) is 2.73. The smallest absolute Gasteiger partial charge is 0.224 e. The van der Waals surface area contributed by atoms with Gasteiger partial charge in [0.1, 0.15) is 0 Å². The molecule has 0 radical (unpaired) electrons. The van der Waals surface area contributed by atoms with E-state index in [2.05, 4.69) is 10.6 Å². The van der Waals surface area contributed by atoms with Crippen molar-refractivity contribution in [2.45, 2.75) is 65.2 Å². The largest absolute Gasteiger partial charge is 0.356 e. The molecule has 4 heteroatoms. The molecule has 0 atom stereocenters. The van der Waals surface area contributed by atoms with Crippen molar-refractivity contribution in [2.75, 3.05) is 13.1 Å². The third-order valence-electron chi connectivity index (χ3n) is 5.47. The number of unbranched alkanes of at least 4 members (excludes halogenated alkanes) is 5. The normalized spacial score (nSPS) is 10.6. The highest BCUT2D eigenvalue weighted by Crippen LogP contribution is 2.09. The maximum atomic E-state index is 12.0. The molecule has 0 aliphatic rings. The van der Waals surface area contributed by atoms with E-state index in [4.69, 9.17) is 0 Å². The first-order chi connectivity index (χ1) is 14.6. The number of carbonyl (C=O) groups excluding carboxylic acids is 2. The van der Waals surface area contributed by atoms with Gasteiger partial charge in [0.25, 0.3) is 0 Å². The Morgan fingerprint density at radius 1 is 0.600 bits per heavy atom. The molecular weight excluding hydrogens is 372 g/mol. The zero-order chi connectivity index (χ0) is 21.6. The monoisotopic (exact) mass is 408 g/mol. The van der Waals surface area contributed by atoms with Crippen LogP contribution in [0.4, 0.5) is 0 Å². The van der Waals surface area contributed by atoms with E-state index in [1.807, 2.05) is 62.4 Å². The van der Waals surface area contributed by atoms with Crippen LogP contribution in [0.25, 0.3) is 0 Å². The number of rotatable bonds is 13. The molecule has 0 aliphatic carbocycles. The molecule has 0 aromatic heterocycles. The second-order valence-electron chi connectivity index (χ2n) is 8.03. The maximum absolute atomic E-state index is 12.0. The molecule has 0 fully saturated rings. The Morgan fingerprint density at radius 2 is 0.967 bits per heavy atom. The summed E-state index contributed by atoms with van der Waals surface area (Å²) in [6, 6.07) is 16.1. The van der Waals surface area contributed by atoms with E-state index in [0.29, 0.717) is 12.8 Å². The van der Waals surface area contributed by atoms with Gasteiger partial charge in [-0.3, -0.25) is 9.59 Å². The second-order valence-corrected chi connectivity index (χ2v) is 8.03. The van der Waals surface area contributed by atoms with Gasteiger partial charge < -0.3 is 10.6 Å². The van der Waals surface area contributed by atoms with Crippen molar-refractivity contribution in [3.05, 3.63) is 70.8 Å². The summed E-state index contributed by atoms with van der Waals surface area (Å²) in [5.41, 5.74) is 4.53. The summed E-state index contributed by atoms with van der Waals surface area (Å²) in [5.74, 6) is 0.205. The fraction of sp³-hybridized carbons (Fsp3) is 0.462. The van der Waals surface area contributed by atoms with Gasteiger partial charge in [0, 0.05) is 13.1 Å². The van der Waals surface area contributed by atoms with E-state index >= 15 is 0 Å². The number of amides is 2. The standard InChI is InChI=1S/C26H36N2O2/c1-21-13-7-9-15-23(21)19-25(29)27-17-11-5-3-4-6-12-18-28-26(30)20-24-16-10-8-14-22(24)2/h7-10,13-16H,3-6,11-12,17-20H2,1-2H3,(H,27,29)(H,28,30). The van der Waals surface area contributed by atoms with Gasteiger partial charge >= 0.3 is 0 Å². The van der Waals surface area contributed by atoms with Crippen LogP contribution in [0.5, 0.6) is 0 Å². The Hall–Kier alpha value is -2.62. The van der Waals surface area contributed by atoms with Gasteiger partial charge in [-0.25, -0.2) is 0 Å². The fourth-order valence-electron chi connectivity index (χ4n) is 3.50. The van der Waals surface area contributed by atoms with Crippen LogP contribution in [0.3, 0.4) is 0 Å². The molecule has 0 saturated carbocycles. The molecule has 4 nitrogen and oxygen atoms in total. The zero-order valence-electron chi connectivity index (χ0n) is 18.5. The van der Waals surface area contributed by atoms with Crippen molar-refractivity contribution >= 4 is 11.8 Å². The highest BCUT2D eigenvalue weighted by molar-refractivity contribution is 5.79. The third-order valence-corrected chi connectivity index (χ3v) is 5.47. The highest BCUT2D eigenvalue weighted by atomic mass is 16.2. The average molecular weight is 409 g/mol. The molecule has 0 saturated heterocycles. The molecule has 2 aromatic rings. The lowest BCUT2D eigenvalue weighted by Crippen LogP contribution is -2.26. The Bertz CT molecular complexity index is 734. The molecular formula is C26H36N2O2. The molecule has 0 spiro atoms. The van der Waals surface area contributed by atoms with Crippen LogP contribution in [-0.2, 0) is 22.4 Å². The lowest BCUT2D eigenvalue weighted by molar-refractivity contribution is -0.121. The van der Waals surface area contributed by atoms with E-state index in [9.17, 15) is 9.59 Å². The van der Waals surface area contributed by atoms with Gasteiger partial charge in [0.15, 0.2) is 0 Å². The third kappa shape index (κ3) is 9.25. The molecule has 30 heavy (non-hydrogen) atoms. The molecule has 0 bridgehead atoms. The Labute approximate surface area is 181 Å². The van der Waals surface area contributed by atoms with Crippen molar-refractivity contribution in [1.82, 2.24) is 10.6 Å². The van der Waals surface area contributed by atoms with Crippen LogP contribution >= 0.6 is 0 Å². The van der Waals surface area contributed by atoms with Crippen molar-refractivity contribution in [3.8, 4) is 0 Å². The van der Waals surface area contributed by atoms with Gasteiger partial charge in [-0.1, -0.05) is 74.2 Å². The van der Waals surface area contributed by atoms with Crippen molar-refractivity contribution in [3.63, 3.8) is 0 Å². The maximum Gasteiger partial charge on any atom is 0.224 e. The number of hydrogen-bond donors (Lipinski definition) is 2. The van der Waals surface area contributed by atoms with E-state index in [1.54, 1.807) is 0 Å². The minimum absolute atomic E-state index is 0.103. The summed E-state index contributed by atoms with van der Waals surface area (Å²) in [6.07, 6.45) is 7.56. The van der Waals surface area contributed by atoms with Crippen molar-refractivity contribution < 1.29 is 9.59 Å². The highest BCUT2D eigenvalue weighted by Gasteiger charge is 2.05.